The Morgan fingerprint density at radius 2 is 1.46 bits per heavy atom. The molecular formula is C17H13KO5S. The molecule has 0 spiro atoms. The minimum atomic E-state index is -4.78. The third-order valence-electron chi connectivity index (χ3n) is 3.23. The molecule has 0 aliphatic rings. The van der Waals surface area contributed by atoms with Gasteiger partial charge in [0.25, 0.3) is 10.4 Å². The van der Waals surface area contributed by atoms with E-state index in [0.29, 0.717) is 12.4 Å². The molecule has 24 heavy (non-hydrogen) atoms. The molecule has 0 saturated heterocycles. The molecule has 0 bridgehead atoms. The SMILES string of the molecule is O=S(=O)([O-])Oc1ccc2ccc(OCc3ccccc3)cc2c1.[K+]. The van der Waals surface area contributed by atoms with Gasteiger partial charge in [-0.25, -0.2) is 8.42 Å². The third-order valence-corrected chi connectivity index (χ3v) is 3.63. The van der Waals surface area contributed by atoms with Crippen molar-refractivity contribution in [2.24, 2.45) is 0 Å². The summed E-state index contributed by atoms with van der Waals surface area (Å²) in [6.07, 6.45) is 0. The van der Waals surface area contributed by atoms with E-state index in [-0.39, 0.29) is 57.1 Å². The van der Waals surface area contributed by atoms with E-state index in [1.165, 1.54) is 12.1 Å². The zero-order chi connectivity index (χ0) is 16.3. The Kier molecular flexibility index (Phi) is 6.82. The van der Waals surface area contributed by atoms with Crippen LogP contribution in [0.3, 0.4) is 0 Å². The van der Waals surface area contributed by atoms with Gasteiger partial charge in [-0.2, -0.15) is 0 Å². The van der Waals surface area contributed by atoms with Gasteiger partial charge in [-0.1, -0.05) is 42.5 Å². The molecule has 3 rings (SSSR count). The van der Waals surface area contributed by atoms with E-state index >= 15 is 0 Å². The van der Waals surface area contributed by atoms with Crippen molar-refractivity contribution >= 4 is 21.2 Å². The molecule has 0 N–H and O–H groups in total. The number of hydrogen-bond acceptors (Lipinski definition) is 5. The molecule has 0 unspecified atom stereocenters. The molecule has 0 radical (unpaired) electrons. The van der Waals surface area contributed by atoms with Crippen molar-refractivity contribution in [1.82, 2.24) is 0 Å². The fourth-order valence-corrected chi connectivity index (χ4v) is 2.54. The Bertz CT molecular complexity index is 926. The first-order valence-electron chi connectivity index (χ1n) is 6.85. The Morgan fingerprint density at radius 1 is 0.833 bits per heavy atom. The maximum absolute atomic E-state index is 10.7. The van der Waals surface area contributed by atoms with Crippen LogP contribution in [-0.2, 0) is 17.0 Å². The average molecular weight is 368 g/mol. The molecule has 0 fully saturated rings. The molecule has 0 atom stereocenters. The number of rotatable bonds is 5. The van der Waals surface area contributed by atoms with Crippen molar-refractivity contribution < 1.29 is 73.3 Å². The molecule has 0 amide bonds. The molecule has 118 valence electrons. The summed E-state index contributed by atoms with van der Waals surface area (Å²) in [6.45, 7) is 0.428. The van der Waals surface area contributed by atoms with Crippen LogP contribution in [0.15, 0.2) is 66.7 Å². The third kappa shape index (κ3) is 5.56. The van der Waals surface area contributed by atoms with E-state index in [4.69, 9.17) is 4.74 Å². The summed E-state index contributed by atoms with van der Waals surface area (Å²) in [4.78, 5) is 0. The first-order chi connectivity index (χ1) is 11.0. The summed E-state index contributed by atoms with van der Waals surface area (Å²) in [5.41, 5.74) is 1.04. The number of benzene rings is 3. The van der Waals surface area contributed by atoms with Crippen molar-refractivity contribution in [2.45, 2.75) is 6.61 Å². The second-order valence-electron chi connectivity index (χ2n) is 4.94. The first-order valence-corrected chi connectivity index (χ1v) is 8.19. The van der Waals surface area contributed by atoms with E-state index in [0.717, 1.165) is 16.3 Å². The summed E-state index contributed by atoms with van der Waals surface area (Å²) in [5, 5.41) is 1.60. The van der Waals surface area contributed by atoms with Gasteiger partial charge in [0.2, 0.25) is 0 Å². The van der Waals surface area contributed by atoms with E-state index < -0.39 is 10.4 Å². The smallest absolute Gasteiger partial charge is 0.716 e. The first kappa shape index (κ1) is 19.4. The summed E-state index contributed by atoms with van der Waals surface area (Å²) in [6, 6.07) is 19.8. The molecule has 0 aromatic heterocycles. The summed E-state index contributed by atoms with van der Waals surface area (Å²) >= 11 is 0. The van der Waals surface area contributed by atoms with Crippen LogP contribution in [-0.4, -0.2) is 13.0 Å². The number of ether oxygens (including phenoxy) is 1. The monoisotopic (exact) mass is 368 g/mol. The van der Waals surface area contributed by atoms with Crippen LogP contribution in [0.4, 0.5) is 0 Å². The maximum atomic E-state index is 10.7. The Balaban J connectivity index is 0.00000208. The minimum Gasteiger partial charge on any atom is -0.716 e. The topological polar surface area (TPSA) is 75.7 Å². The standard InChI is InChI=1S/C17H14O5S.K/c18-23(19,20)22-17-9-7-14-6-8-16(10-15(14)11-17)21-12-13-4-2-1-3-5-13;/h1-11H,12H2,(H,18,19,20);/q;+1/p-1. The Labute approximate surface area is 183 Å². The predicted octanol–water partition coefficient (Wildman–Crippen LogP) is 0.262. The van der Waals surface area contributed by atoms with Crippen LogP contribution >= 0.6 is 0 Å². The molecule has 3 aromatic rings. The van der Waals surface area contributed by atoms with E-state index in [1.54, 1.807) is 12.1 Å². The van der Waals surface area contributed by atoms with Gasteiger partial charge < -0.3 is 13.5 Å². The van der Waals surface area contributed by atoms with E-state index in [9.17, 15) is 13.0 Å². The summed E-state index contributed by atoms with van der Waals surface area (Å²) in [5.74, 6) is 0.621. The molecule has 0 heterocycles. The van der Waals surface area contributed by atoms with Crippen LogP contribution in [0.2, 0.25) is 0 Å². The van der Waals surface area contributed by atoms with Crippen molar-refractivity contribution in [3.63, 3.8) is 0 Å². The number of hydrogen-bond donors (Lipinski definition) is 0. The Morgan fingerprint density at radius 3 is 2.12 bits per heavy atom. The van der Waals surface area contributed by atoms with Gasteiger partial charge in [0.15, 0.2) is 0 Å². The largest absolute Gasteiger partial charge is 1.00 e. The van der Waals surface area contributed by atoms with E-state index in [1.807, 2.05) is 42.5 Å². The van der Waals surface area contributed by atoms with Gasteiger partial charge in [-0.15, -0.1) is 0 Å². The van der Waals surface area contributed by atoms with E-state index in [2.05, 4.69) is 4.18 Å². The fourth-order valence-electron chi connectivity index (χ4n) is 2.20. The fraction of sp³-hybridized carbons (Fsp3) is 0.0588. The van der Waals surface area contributed by atoms with Gasteiger partial charge in [0, 0.05) is 0 Å². The summed E-state index contributed by atoms with van der Waals surface area (Å²) in [7, 11) is -4.78. The van der Waals surface area contributed by atoms with Gasteiger partial charge >= 0.3 is 51.4 Å². The number of fused-ring (bicyclic) bond motifs is 1. The van der Waals surface area contributed by atoms with Gasteiger partial charge in [-0.05, 0) is 40.6 Å². The van der Waals surface area contributed by atoms with Crippen molar-refractivity contribution in [1.29, 1.82) is 0 Å². The second-order valence-corrected chi connectivity index (χ2v) is 5.92. The van der Waals surface area contributed by atoms with Crippen LogP contribution in [0.25, 0.3) is 10.8 Å². The Hall–Kier alpha value is -0.934. The molecule has 7 heteroatoms. The zero-order valence-electron chi connectivity index (χ0n) is 13.0. The van der Waals surface area contributed by atoms with Gasteiger partial charge in [0.1, 0.15) is 18.1 Å². The zero-order valence-corrected chi connectivity index (χ0v) is 16.9. The van der Waals surface area contributed by atoms with Crippen molar-refractivity contribution in [3.8, 4) is 11.5 Å². The molecule has 0 saturated carbocycles. The van der Waals surface area contributed by atoms with Crippen LogP contribution in [0.1, 0.15) is 5.56 Å². The minimum absolute atomic E-state index is 0. The molecule has 0 aliphatic heterocycles. The van der Waals surface area contributed by atoms with Crippen LogP contribution in [0.5, 0.6) is 11.5 Å². The van der Waals surface area contributed by atoms with Gasteiger partial charge in [-0.3, -0.25) is 0 Å². The van der Waals surface area contributed by atoms with Crippen molar-refractivity contribution in [2.75, 3.05) is 0 Å². The van der Waals surface area contributed by atoms with Crippen LogP contribution in [0, 0.1) is 0 Å². The second kappa shape index (κ2) is 8.44. The van der Waals surface area contributed by atoms with Crippen LogP contribution < -0.4 is 60.3 Å². The summed E-state index contributed by atoms with van der Waals surface area (Å²) < 4.78 is 42.1. The molecule has 3 aromatic carbocycles. The normalized spacial score (nSPS) is 10.9. The van der Waals surface area contributed by atoms with Crippen molar-refractivity contribution in [3.05, 3.63) is 72.3 Å². The maximum Gasteiger partial charge on any atom is 1.00 e. The van der Waals surface area contributed by atoms with Gasteiger partial charge in [0.05, 0.1) is 0 Å². The molecular weight excluding hydrogens is 355 g/mol. The molecule has 5 nitrogen and oxygen atoms in total. The average Bonchev–Trinajstić information content (AvgIpc) is 2.52. The predicted molar refractivity (Wildman–Crippen MR) is 85.0 cm³/mol. The quantitative estimate of drug-likeness (QED) is 0.367. The molecule has 0 aliphatic carbocycles.